The molecule has 11 aromatic rings. The Morgan fingerprint density at radius 1 is 0.188 bits per heavy atom. The summed E-state index contributed by atoms with van der Waals surface area (Å²) in [7, 11) is 0. The number of hydrogen-bond donors (Lipinski definition) is 0. The lowest BCUT2D eigenvalue weighted by atomic mass is 9.96. The molecule has 0 unspecified atom stereocenters. The molecular formula is C62H44N2. The summed E-state index contributed by atoms with van der Waals surface area (Å²) in [6, 6.07) is 96.1. The van der Waals surface area contributed by atoms with Gasteiger partial charge >= 0.3 is 0 Å². The molecule has 11 rings (SSSR count). The fraction of sp³-hybridized carbons (Fsp3) is 0. The number of para-hydroxylation sites is 2. The Labute approximate surface area is 375 Å². The van der Waals surface area contributed by atoms with Crippen LogP contribution in [0.2, 0.25) is 0 Å². The highest BCUT2D eigenvalue weighted by Gasteiger charge is 2.17. The van der Waals surface area contributed by atoms with E-state index in [4.69, 9.17) is 0 Å². The maximum atomic E-state index is 2.35. The molecular weight excluding hydrogens is 773 g/mol. The number of anilines is 6. The average molecular weight is 817 g/mol. The molecule has 0 saturated heterocycles. The van der Waals surface area contributed by atoms with Crippen LogP contribution in [-0.4, -0.2) is 0 Å². The summed E-state index contributed by atoms with van der Waals surface area (Å²) >= 11 is 0. The molecule has 0 radical (unpaired) electrons. The van der Waals surface area contributed by atoms with Crippen molar-refractivity contribution in [1.82, 2.24) is 0 Å². The van der Waals surface area contributed by atoms with Gasteiger partial charge in [0.05, 0.1) is 11.4 Å². The molecule has 0 fully saturated rings. The van der Waals surface area contributed by atoms with Crippen LogP contribution < -0.4 is 9.80 Å². The molecule has 0 aromatic heterocycles. The molecule has 0 bridgehead atoms. The van der Waals surface area contributed by atoms with Gasteiger partial charge < -0.3 is 9.80 Å². The minimum Gasteiger partial charge on any atom is -0.310 e. The predicted octanol–water partition coefficient (Wildman–Crippen LogP) is 17.6. The zero-order valence-electron chi connectivity index (χ0n) is 35.3. The lowest BCUT2D eigenvalue weighted by molar-refractivity contribution is 1.30. The van der Waals surface area contributed by atoms with Crippen molar-refractivity contribution in [2.24, 2.45) is 0 Å². The SMILES string of the molecule is c1ccc(N(c2ccc(-c3ccc(-c4cccc(-c5ccc(-c6ccc(N(c7ccccc7)c7cccc8ccccc78)cc6)cc5)c4)cc3)cc2)c2cccc3ccccc23)cc1. The molecule has 0 atom stereocenters. The molecule has 0 amide bonds. The van der Waals surface area contributed by atoms with E-state index in [9.17, 15) is 0 Å². The zero-order chi connectivity index (χ0) is 42.7. The van der Waals surface area contributed by atoms with Crippen LogP contribution in [0.4, 0.5) is 34.1 Å². The van der Waals surface area contributed by atoms with Crippen LogP contribution in [0, 0.1) is 0 Å². The van der Waals surface area contributed by atoms with E-state index in [2.05, 4.69) is 277 Å². The second kappa shape index (κ2) is 17.1. The van der Waals surface area contributed by atoms with Crippen LogP contribution >= 0.6 is 0 Å². The van der Waals surface area contributed by atoms with Crippen LogP contribution in [0.1, 0.15) is 0 Å². The van der Waals surface area contributed by atoms with Gasteiger partial charge in [0.2, 0.25) is 0 Å². The van der Waals surface area contributed by atoms with E-state index in [0.717, 1.165) is 34.1 Å². The third-order valence-corrected chi connectivity index (χ3v) is 12.3. The van der Waals surface area contributed by atoms with Gasteiger partial charge in [-0.15, -0.1) is 0 Å². The summed E-state index contributed by atoms with van der Waals surface area (Å²) in [6.45, 7) is 0. The van der Waals surface area contributed by atoms with E-state index in [1.54, 1.807) is 0 Å². The van der Waals surface area contributed by atoms with E-state index in [1.807, 2.05) is 0 Å². The first-order valence-corrected chi connectivity index (χ1v) is 21.9. The summed E-state index contributed by atoms with van der Waals surface area (Å²) in [5, 5.41) is 4.90. The van der Waals surface area contributed by atoms with Crippen molar-refractivity contribution in [3.8, 4) is 44.5 Å². The van der Waals surface area contributed by atoms with Crippen molar-refractivity contribution < 1.29 is 0 Å². The van der Waals surface area contributed by atoms with Gasteiger partial charge in [0.25, 0.3) is 0 Å². The quantitative estimate of drug-likeness (QED) is 0.136. The molecule has 2 nitrogen and oxygen atoms in total. The predicted molar refractivity (Wildman–Crippen MR) is 273 cm³/mol. The summed E-state index contributed by atoms with van der Waals surface area (Å²) in [5.41, 5.74) is 16.3. The first-order chi connectivity index (χ1) is 31.7. The second-order valence-corrected chi connectivity index (χ2v) is 16.2. The van der Waals surface area contributed by atoms with E-state index >= 15 is 0 Å². The maximum absolute atomic E-state index is 2.35. The van der Waals surface area contributed by atoms with Gasteiger partial charge in [-0.3, -0.25) is 0 Å². The molecule has 2 heteroatoms. The van der Waals surface area contributed by atoms with E-state index in [-0.39, 0.29) is 0 Å². The van der Waals surface area contributed by atoms with Gasteiger partial charge in [0.1, 0.15) is 0 Å². The number of fused-ring (bicyclic) bond motifs is 2. The molecule has 0 N–H and O–H groups in total. The van der Waals surface area contributed by atoms with E-state index in [0.29, 0.717) is 0 Å². The minimum atomic E-state index is 1.12. The highest BCUT2D eigenvalue weighted by atomic mass is 15.1. The number of nitrogens with zero attached hydrogens (tertiary/aromatic N) is 2. The third-order valence-electron chi connectivity index (χ3n) is 12.3. The Morgan fingerprint density at radius 3 is 0.859 bits per heavy atom. The first kappa shape index (κ1) is 38.5. The molecule has 11 aromatic carbocycles. The van der Waals surface area contributed by atoms with Crippen molar-refractivity contribution in [2.45, 2.75) is 0 Å². The Kier molecular flexibility index (Phi) is 10.3. The number of benzene rings is 11. The summed E-state index contributed by atoms with van der Waals surface area (Å²) in [4.78, 5) is 4.70. The molecule has 0 spiro atoms. The van der Waals surface area contributed by atoms with Crippen molar-refractivity contribution in [2.75, 3.05) is 9.80 Å². The average Bonchev–Trinajstić information content (AvgIpc) is 3.38. The van der Waals surface area contributed by atoms with Gasteiger partial charge in [0.15, 0.2) is 0 Å². The minimum absolute atomic E-state index is 1.12. The van der Waals surface area contributed by atoms with Gasteiger partial charge in [-0.05, 0) is 122 Å². The monoisotopic (exact) mass is 816 g/mol. The van der Waals surface area contributed by atoms with Crippen LogP contribution in [0.15, 0.2) is 267 Å². The Bertz CT molecular complexity index is 3100. The lowest BCUT2D eigenvalue weighted by Gasteiger charge is -2.27. The van der Waals surface area contributed by atoms with Gasteiger partial charge in [-0.1, -0.05) is 200 Å². The molecule has 0 aliphatic rings. The Balaban J connectivity index is 0.816. The highest BCUT2D eigenvalue weighted by Crippen LogP contribution is 2.41. The first-order valence-electron chi connectivity index (χ1n) is 21.9. The van der Waals surface area contributed by atoms with Crippen LogP contribution in [0.5, 0.6) is 0 Å². The topological polar surface area (TPSA) is 6.48 Å². The Hall–Kier alpha value is -8.46. The van der Waals surface area contributed by atoms with Crippen molar-refractivity contribution in [3.05, 3.63) is 267 Å². The third kappa shape index (κ3) is 7.59. The zero-order valence-corrected chi connectivity index (χ0v) is 35.3. The normalized spacial score (nSPS) is 11.1. The lowest BCUT2D eigenvalue weighted by Crippen LogP contribution is -2.10. The molecule has 302 valence electrons. The van der Waals surface area contributed by atoms with E-state index in [1.165, 1.54) is 66.1 Å². The molecule has 0 heterocycles. The summed E-state index contributed by atoms with van der Waals surface area (Å²) in [5.74, 6) is 0. The summed E-state index contributed by atoms with van der Waals surface area (Å²) < 4.78 is 0. The maximum Gasteiger partial charge on any atom is 0.0540 e. The molecule has 64 heavy (non-hydrogen) atoms. The van der Waals surface area contributed by atoms with Crippen molar-refractivity contribution in [1.29, 1.82) is 0 Å². The fourth-order valence-electron chi connectivity index (χ4n) is 9.01. The standard InChI is InChI=1S/C62H44N2/c1-3-20-55(21-4-1)63(61-26-12-16-51-14-7-9-24-59(51)61)57-40-36-47(37-41-57)45-28-32-49(33-29-45)53-18-11-19-54(44-53)50-34-30-46(31-35-50)48-38-42-58(43-39-48)64(56-22-5-2-6-23-56)62-27-13-17-52-15-8-10-25-60(52)62/h1-44H. The molecule has 0 aliphatic carbocycles. The van der Waals surface area contributed by atoms with Gasteiger partial charge in [0, 0.05) is 33.5 Å². The second-order valence-electron chi connectivity index (χ2n) is 16.2. The van der Waals surface area contributed by atoms with Crippen molar-refractivity contribution >= 4 is 55.7 Å². The van der Waals surface area contributed by atoms with Crippen molar-refractivity contribution in [3.63, 3.8) is 0 Å². The fourth-order valence-corrected chi connectivity index (χ4v) is 9.01. The van der Waals surface area contributed by atoms with E-state index < -0.39 is 0 Å². The highest BCUT2D eigenvalue weighted by molar-refractivity contribution is 6.00. The number of hydrogen-bond acceptors (Lipinski definition) is 2. The van der Waals surface area contributed by atoms with Gasteiger partial charge in [-0.2, -0.15) is 0 Å². The molecule has 0 aliphatic heterocycles. The summed E-state index contributed by atoms with van der Waals surface area (Å²) in [6.07, 6.45) is 0. The number of rotatable bonds is 10. The van der Waals surface area contributed by atoms with Crippen LogP contribution in [-0.2, 0) is 0 Å². The van der Waals surface area contributed by atoms with Crippen LogP contribution in [0.25, 0.3) is 66.1 Å². The van der Waals surface area contributed by atoms with Crippen LogP contribution in [0.3, 0.4) is 0 Å². The van der Waals surface area contributed by atoms with Gasteiger partial charge in [-0.25, -0.2) is 0 Å². The molecule has 0 saturated carbocycles. The smallest absolute Gasteiger partial charge is 0.0540 e. The largest absolute Gasteiger partial charge is 0.310 e. The Morgan fingerprint density at radius 2 is 0.469 bits per heavy atom.